The Kier molecular flexibility index (Phi) is 8.81. The molecule has 3 rings (SSSR count). The van der Waals surface area contributed by atoms with Gasteiger partial charge < -0.3 is 10.1 Å². The monoisotopic (exact) mass is 415 g/mol. The fourth-order valence-corrected chi connectivity index (χ4v) is 3.54. The van der Waals surface area contributed by atoms with E-state index in [0.29, 0.717) is 18.2 Å². The topological polar surface area (TPSA) is 44.8 Å². The minimum absolute atomic E-state index is 0.123. The van der Waals surface area contributed by atoms with Gasteiger partial charge in [0.25, 0.3) is 0 Å². The molecule has 156 valence electrons. The second kappa shape index (κ2) is 11.8. The summed E-state index contributed by atoms with van der Waals surface area (Å²) in [4.78, 5) is 16.8. The predicted octanol–water partition coefficient (Wildman–Crippen LogP) is 3.09. The van der Waals surface area contributed by atoms with Gasteiger partial charge in [0.1, 0.15) is 12.4 Å². The van der Waals surface area contributed by atoms with E-state index in [1.165, 1.54) is 5.56 Å². The highest BCUT2D eigenvalue weighted by atomic mass is 35.5. The fourth-order valence-electron chi connectivity index (χ4n) is 3.42. The average molecular weight is 416 g/mol. The van der Waals surface area contributed by atoms with Gasteiger partial charge in [-0.05, 0) is 42.7 Å². The lowest BCUT2D eigenvalue weighted by Crippen LogP contribution is -2.50. The van der Waals surface area contributed by atoms with E-state index in [4.69, 9.17) is 16.3 Å². The molecule has 5 nitrogen and oxygen atoms in total. The first kappa shape index (κ1) is 21.6. The number of nitrogens with zero attached hydrogens (tertiary/aromatic N) is 2. The molecule has 0 spiro atoms. The van der Waals surface area contributed by atoms with E-state index >= 15 is 0 Å². The zero-order valence-electron chi connectivity index (χ0n) is 16.9. The molecule has 1 aliphatic rings. The quantitative estimate of drug-likeness (QED) is 0.606. The molecule has 1 saturated heterocycles. The van der Waals surface area contributed by atoms with Crippen molar-refractivity contribution in [3.8, 4) is 5.75 Å². The van der Waals surface area contributed by atoms with Crippen molar-refractivity contribution in [2.75, 3.05) is 52.4 Å². The van der Waals surface area contributed by atoms with Gasteiger partial charge in [0.15, 0.2) is 0 Å². The minimum atomic E-state index is 0.123. The third-order valence-electron chi connectivity index (χ3n) is 5.13. The Hall–Kier alpha value is -2.08. The molecule has 0 aliphatic carbocycles. The summed E-state index contributed by atoms with van der Waals surface area (Å²) < 4.78 is 5.76. The maximum Gasteiger partial charge on any atom is 0.234 e. The Labute approximate surface area is 178 Å². The summed E-state index contributed by atoms with van der Waals surface area (Å²) in [5.41, 5.74) is 1.32. The maximum absolute atomic E-state index is 12.2. The van der Waals surface area contributed by atoms with Gasteiger partial charge in [-0.3, -0.25) is 14.6 Å². The molecule has 0 radical (unpaired) electrons. The standard InChI is InChI=1S/C23H30ClN3O2/c24-21-8-10-22(11-9-21)29-18-17-26-13-15-27(16-14-26)19-23(28)25-12-4-7-20-5-2-1-3-6-20/h1-3,5-6,8-11H,4,7,12-19H2,(H,25,28). The number of amides is 1. The van der Waals surface area contributed by atoms with E-state index < -0.39 is 0 Å². The maximum atomic E-state index is 12.2. The smallest absolute Gasteiger partial charge is 0.234 e. The van der Waals surface area contributed by atoms with E-state index in [2.05, 4.69) is 39.4 Å². The normalized spacial score (nSPS) is 15.2. The number of hydrogen-bond acceptors (Lipinski definition) is 4. The van der Waals surface area contributed by atoms with Gasteiger partial charge >= 0.3 is 0 Å². The molecule has 6 heteroatoms. The lowest BCUT2D eigenvalue weighted by atomic mass is 10.1. The molecule has 1 N–H and O–H groups in total. The molecule has 1 fully saturated rings. The number of aryl methyl sites for hydroxylation is 1. The van der Waals surface area contributed by atoms with Crippen LogP contribution in [0.3, 0.4) is 0 Å². The van der Waals surface area contributed by atoms with Gasteiger partial charge in [0, 0.05) is 44.3 Å². The van der Waals surface area contributed by atoms with Crippen molar-refractivity contribution in [1.29, 1.82) is 0 Å². The highest BCUT2D eigenvalue weighted by Crippen LogP contribution is 2.15. The molecule has 2 aromatic carbocycles. The SMILES string of the molecule is O=C(CN1CCN(CCOc2ccc(Cl)cc2)CC1)NCCCc1ccccc1. The first-order valence-corrected chi connectivity index (χ1v) is 10.7. The number of piperazine rings is 1. The van der Waals surface area contributed by atoms with Crippen LogP contribution in [0.1, 0.15) is 12.0 Å². The number of hydrogen-bond donors (Lipinski definition) is 1. The average Bonchev–Trinajstić information content (AvgIpc) is 2.75. The summed E-state index contributed by atoms with van der Waals surface area (Å²) in [5, 5.41) is 3.76. The van der Waals surface area contributed by atoms with Crippen LogP contribution in [0.25, 0.3) is 0 Å². The van der Waals surface area contributed by atoms with Crippen molar-refractivity contribution >= 4 is 17.5 Å². The number of halogens is 1. The van der Waals surface area contributed by atoms with Crippen molar-refractivity contribution in [2.45, 2.75) is 12.8 Å². The van der Waals surface area contributed by atoms with Crippen LogP contribution >= 0.6 is 11.6 Å². The molecule has 0 atom stereocenters. The Balaban J connectivity index is 1.23. The minimum Gasteiger partial charge on any atom is -0.492 e. The predicted molar refractivity (Wildman–Crippen MR) is 118 cm³/mol. The summed E-state index contributed by atoms with van der Waals surface area (Å²) in [5.74, 6) is 0.967. The fraction of sp³-hybridized carbons (Fsp3) is 0.435. The molecule has 1 amide bonds. The van der Waals surface area contributed by atoms with E-state index in [0.717, 1.165) is 57.9 Å². The summed E-state index contributed by atoms with van der Waals surface area (Å²) in [7, 11) is 0. The molecule has 1 aliphatic heterocycles. The van der Waals surface area contributed by atoms with Crippen LogP contribution in [0.4, 0.5) is 0 Å². The number of ether oxygens (including phenoxy) is 1. The first-order chi connectivity index (χ1) is 14.2. The van der Waals surface area contributed by atoms with E-state index in [1.54, 1.807) is 0 Å². The van der Waals surface area contributed by atoms with Gasteiger partial charge in [0.05, 0.1) is 6.54 Å². The second-order valence-electron chi connectivity index (χ2n) is 7.36. The summed E-state index contributed by atoms with van der Waals surface area (Å²) in [6.07, 6.45) is 1.97. The van der Waals surface area contributed by atoms with Gasteiger partial charge in [-0.2, -0.15) is 0 Å². The third-order valence-corrected chi connectivity index (χ3v) is 5.38. The van der Waals surface area contributed by atoms with Gasteiger partial charge in [-0.15, -0.1) is 0 Å². The number of benzene rings is 2. The molecule has 0 bridgehead atoms. The molecule has 1 heterocycles. The van der Waals surface area contributed by atoms with Crippen molar-refractivity contribution in [2.24, 2.45) is 0 Å². The van der Waals surface area contributed by atoms with E-state index in [-0.39, 0.29) is 5.91 Å². The van der Waals surface area contributed by atoms with Crippen LogP contribution in [0.2, 0.25) is 5.02 Å². The van der Waals surface area contributed by atoms with Crippen molar-refractivity contribution in [3.63, 3.8) is 0 Å². The van der Waals surface area contributed by atoms with Gasteiger partial charge in [-0.25, -0.2) is 0 Å². The number of nitrogens with one attached hydrogen (secondary N) is 1. The van der Waals surface area contributed by atoms with Gasteiger partial charge in [-0.1, -0.05) is 41.9 Å². The molecule has 2 aromatic rings. The Bertz CT molecular complexity index is 732. The first-order valence-electron chi connectivity index (χ1n) is 10.3. The largest absolute Gasteiger partial charge is 0.492 e. The van der Waals surface area contributed by atoms with Crippen LogP contribution in [-0.2, 0) is 11.2 Å². The molecule has 29 heavy (non-hydrogen) atoms. The highest BCUT2D eigenvalue weighted by Gasteiger charge is 2.18. The molecular formula is C23H30ClN3O2. The van der Waals surface area contributed by atoms with Crippen LogP contribution in [0, 0.1) is 0 Å². The number of rotatable bonds is 10. The number of carbonyl (C=O) groups excluding carboxylic acids is 1. The Morgan fingerprint density at radius 3 is 2.38 bits per heavy atom. The Morgan fingerprint density at radius 2 is 1.66 bits per heavy atom. The molecular weight excluding hydrogens is 386 g/mol. The lowest BCUT2D eigenvalue weighted by molar-refractivity contribution is -0.122. The summed E-state index contributed by atoms with van der Waals surface area (Å²) >= 11 is 5.88. The van der Waals surface area contributed by atoms with Crippen LogP contribution in [-0.4, -0.2) is 68.1 Å². The molecule has 0 saturated carbocycles. The van der Waals surface area contributed by atoms with Crippen LogP contribution in [0.5, 0.6) is 5.75 Å². The second-order valence-corrected chi connectivity index (χ2v) is 7.80. The van der Waals surface area contributed by atoms with E-state index in [1.807, 2.05) is 30.3 Å². The van der Waals surface area contributed by atoms with E-state index in [9.17, 15) is 4.79 Å². The van der Waals surface area contributed by atoms with Crippen LogP contribution < -0.4 is 10.1 Å². The summed E-state index contributed by atoms with van der Waals surface area (Å²) in [6.45, 7) is 6.52. The van der Waals surface area contributed by atoms with Gasteiger partial charge in [0.2, 0.25) is 5.91 Å². The zero-order chi connectivity index (χ0) is 20.3. The summed E-state index contributed by atoms with van der Waals surface area (Å²) in [6, 6.07) is 17.8. The third kappa shape index (κ3) is 8.05. The lowest BCUT2D eigenvalue weighted by Gasteiger charge is -2.34. The highest BCUT2D eigenvalue weighted by molar-refractivity contribution is 6.30. The Morgan fingerprint density at radius 1 is 0.966 bits per heavy atom. The molecule has 0 aromatic heterocycles. The molecule has 0 unspecified atom stereocenters. The number of carbonyl (C=O) groups is 1. The van der Waals surface area contributed by atoms with Crippen molar-refractivity contribution in [3.05, 3.63) is 65.2 Å². The zero-order valence-corrected chi connectivity index (χ0v) is 17.6. The van der Waals surface area contributed by atoms with Crippen molar-refractivity contribution in [1.82, 2.24) is 15.1 Å². The van der Waals surface area contributed by atoms with Crippen molar-refractivity contribution < 1.29 is 9.53 Å². The van der Waals surface area contributed by atoms with Crippen LogP contribution in [0.15, 0.2) is 54.6 Å².